The molecule has 2 atom stereocenters. The van der Waals surface area contributed by atoms with Gasteiger partial charge in [0.25, 0.3) is 0 Å². The maximum absolute atomic E-state index is 11.7. The maximum atomic E-state index is 11.7. The molecule has 1 unspecified atom stereocenters. The minimum atomic E-state index is -3.54. The highest BCUT2D eigenvalue weighted by molar-refractivity contribution is 7.90. The molecule has 1 aliphatic heterocycles. The summed E-state index contributed by atoms with van der Waals surface area (Å²) in [5, 5.41) is 16.5. The van der Waals surface area contributed by atoms with Crippen molar-refractivity contribution in [2.24, 2.45) is 0 Å². The predicted octanol–water partition coefficient (Wildman–Crippen LogP) is -0.315. The smallest absolute Gasteiger partial charge is 0.230 e. The molecule has 0 aliphatic carbocycles. The molecule has 0 aromatic carbocycles. The number of hydrogen-bond donors (Lipinski definition) is 1. The number of aliphatic hydroxyl groups is 1. The van der Waals surface area contributed by atoms with Gasteiger partial charge in [0.05, 0.1) is 12.7 Å². The molecular formula is C8H14N2O3S. The molecule has 0 saturated carbocycles. The molecule has 1 aliphatic rings. The van der Waals surface area contributed by atoms with Gasteiger partial charge in [-0.15, -0.1) is 0 Å². The topological polar surface area (TPSA) is 81.4 Å². The summed E-state index contributed by atoms with van der Waals surface area (Å²) in [6, 6.07) is 1.38. The molecule has 0 aromatic rings. The van der Waals surface area contributed by atoms with Crippen LogP contribution in [0.2, 0.25) is 0 Å². The van der Waals surface area contributed by atoms with Crippen LogP contribution in [0.25, 0.3) is 0 Å². The van der Waals surface area contributed by atoms with E-state index in [9.17, 15) is 8.42 Å². The van der Waals surface area contributed by atoms with E-state index in [0.29, 0.717) is 13.0 Å². The summed E-state index contributed by atoms with van der Waals surface area (Å²) in [5.74, 6) is 0. The fourth-order valence-electron chi connectivity index (χ4n) is 1.60. The van der Waals surface area contributed by atoms with Crippen molar-refractivity contribution in [1.29, 1.82) is 5.26 Å². The third-order valence-electron chi connectivity index (χ3n) is 2.49. The lowest BCUT2D eigenvalue weighted by molar-refractivity contribution is 0.213. The Balaban J connectivity index is 2.88. The SMILES string of the molecule is CC(C#N)S(=O)(=O)N1CCC[C@@H]1CO. The number of nitriles is 1. The van der Waals surface area contributed by atoms with Gasteiger partial charge < -0.3 is 5.11 Å². The zero-order valence-electron chi connectivity index (χ0n) is 8.05. The van der Waals surface area contributed by atoms with Crippen molar-refractivity contribution in [2.75, 3.05) is 13.2 Å². The standard InChI is InChI=1S/C8H14N2O3S/c1-7(5-9)14(12,13)10-4-2-3-8(10)6-11/h7-8,11H,2-4,6H2,1H3/t7?,8-/m1/s1. The van der Waals surface area contributed by atoms with E-state index < -0.39 is 15.3 Å². The largest absolute Gasteiger partial charge is 0.395 e. The van der Waals surface area contributed by atoms with Crippen LogP contribution in [0.15, 0.2) is 0 Å². The van der Waals surface area contributed by atoms with Crippen LogP contribution < -0.4 is 0 Å². The average molecular weight is 218 g/mol. The van der Waals surface area contributed by atoms with Crippen molar-refractivity contribution in [2.45, 2.75) is 31.1 Å². The monoisotopic (exact) mass is 218 g/mol. The van der Waals surface area contributed by atoms with Gasteiger partial charge in [-0.2, -0.15) is 9.57 Å². The lowest BCUT2D eigenvalue weighted by Crippen LogP contribution is -2.41. The van der Waals surface area contributed by atoms with Gasteiger partial charge in [-0.3, -0.25) is 0 Å². The maximum Gasteiger partial charge on any atom is 0.230 e. The molecule has 5 nitrogen and oxygen atoms in total. The third-order valence-corrected chi connectivity index (χ3v) is 4.62. The molecule has 0 bridgehead atoms. The van der Waals surface area contributed by atoms with E-state index in [0.717, 1.165) is 6.42 Å². The minimum absolute atomic E-state index is 0.169. The zero-order valence-corrected chi connectivity index (χ0v) is 8.87. The van der Waals surface area contributed by atoms with Crippen LogP contribution >= 0.6 is 0 Å². The molecule has 0 aromatic heterocycles. The molecule has 6 heteroatoms. The molecular weight excluding hydrogens is 204 g/mol. The van der Waals surface area contributed by atoms with Crippen LogP contribution in [0.4, 0.5) is 0 Å². The van der Waals surface area contributed by atoms with Gasteiger partial charge in [-0.1, -0.05) is 0 Å². The number of nitrogens with zero attached hydrogens (tertiary/aromatic N) is 2. The summed E-state index contributed by atoms with van der Waals surface area (Å²) in [4.78, 5) is 0. The molecule has 1 fully saturated rings. The normalized spacial score (nSPS) is 25.9. The fourth-order valence-corrected chi connectivity index (χ4v) is 3.11. The first kappa shape index (κ1) is 11.4. The second-order valence-corrected chi connectivity index (χ2v) is 5.61. The summed E-state index contributed by atoms with van der Waals surface area (Å²) >= 11 is 0. The van der Waals surface area contributed by atoms with Crippen molar-refractivity contribution in [3.8, 4) is 6.07 Å². The molecule has 1 heterocycles. The quantitative estimate of drug-likeness (QED) is 0.704. The van der Waals surface area contributed by atoms with Gasteiger partial charge in [-0.05, 0) is 19.8 Å². The number of aliphatic hydroxyl groups excluding tert-OH is 1. The third kappa shape index (κ3) is 1.90. The highest BCUT2D eigenvalue weighted by Crippen LogP contribution is 2.22. The Hall–Kier alpha value is -0.640. The number of sulfonamides is 1. The van der Waals surface area contributed by atoms with E-state index in [4.69, 9.17) is 10.4 Å². The van der Waals surface area contributed by atoms with Crippen LogP contribution in [0, 0.1) is 11.3 Å². The molecule has 1 N–H and O–H groups in total. The van der Waals surface area contributed by atoms with E-state index in [1.807, 2.05) is 0 Å². The first-order valence-electron chi connectivity index (χ1n) is 4.55. The second kappa shape index (κ2) is 4.26. The van der Waals surface area contributed by atoms with Crippen LogP contribution in [-0.4, -0.2) is 42.3 Å². The van der Waals surface area contributed by atoms with Crippen LogP contribution in [0.5, 0.6) is 0 Å². The fraction of sp³-hybridized carbons (Fsp3) is 0.875. The lowest BCUT2D eigenvalue weighted by atomic mass is 10.2. The van der Waals surface area contributed by atoms with Gasteiger partial charge in [0.1, 0.15) is 0 Å². The van der Waals surface area contributed by atoms with Gasteiger partial charge in [0.15, 0.2) is 5.25 Å². The van der Waals surface area contributed by atoms with E-state index in [-0.39, 0.29) is 12.6 Å². The van der Waals surface area contributed by atoms with Crippen molar-refractivity contribution in [3.05, 3.63) is 0 Å². The summed E-state index contributed by atoms with van der Waals surface area (Å²) in [6.45, 7) is 1.61. The highest BCUT2D eigenvalue weighted by atomic mass is 32.2. The Labute approximate surface area is 84.0 Å². The number of rotatable bonds is 3. The van der Waals surface area contributed by atoms with Gasteiger partial charge in [0, 0.05) is 12.6 Å². The molecule has 0 spiro atoms. The van der Waals surface area contributed by atoms with Crippen molar-refractivity contribution in [1.82, 2.24) is 4.31 Å². The van der Waals surface area contributed by atoms with Crippen LogP contribution in [-0.2, 0) is 10.0 Å². The first-order valence-corrected chi connectivity index (χ1v) is 6.05. The number of hydrogen-bond acceptors (Lipinski definition) is 4. The van der Waals surface area contributed by atoms with E-state index in [2.05, 4.69) is 0 Å². The van der Waals surface area contributed by atoms with Crippen LogP contribution in [0.1, 0.15) is 19.8 Å². The Morgan fingerprint density at radius 2 is 2.36 bits per heavy atom. The molecule has 0 amide bonds. The molecule has 80 valence electrons. The summed E-state index contributed by atoms with van der Waals surface area (Å²) in [5.41, 5.74) is 0. The van der Waals surface area contributed by atoms with E-state index >= 15 is 0 Å². The summed E-state index contributed by atoms with van der Waals surface area (Å²) < 4.78 is 24.7. The Morgan fingerprint density at radius 3 is 2.86 bits per heavy atom. The molecule has 1 rings (SSSR count). The first-order chi connectivity index (χ1) is 6.54. The predicted molar refractivity (Wildman–Crippen MR) is 50.8 cm³/mol. The Morgan fingerprint density at radius 1 is 1.71 bits per heavy atom. The van der Waals surface area contributed by atoms with E-state index in [1.165, 1.54) is 11.2 Å². The Bertz CT molecular complexity index is 333. The van der Waals surface area contributed by atoms with Gasteiger partial charge in [0.2, 0.25) is 10.0 Å². The van der Waals surface area contributed by atoms with Crippen molar-refractivity contribution < 1.29 is 13.5 Å². The van der Waals surface area contributed by atoms with E-state index in [1.54, 1.807) is 6.07 Å². The second-order valence-electron chi connectivity index (χ2n) is 3.41. The molecule has 1 saturated heterocycles. The summed E-state index contributed by atoms with van der Waals surface area (Å²) in [6.07, 6.45) is 1.43. The molecule has 14 heavy (non-hydrogen) atoms. The molecule has 0 radical (unpaired) electrons. The highest BCUT2D eigenvalue weighted by Gasteiger charge is 2.36. The zero-order chi connectivity index (χ0) is 10.8. The summed E-state index contributed by atoms with van der Waals surface area (Å²) in [7, 11) is -3.54. The van der Waals surface area contributed by atoms with Gasteiger partial charge in [-0.25, -0.2) is 8.42 Å². The average Bonchev–Trinajstić information content (AvgIpc) is 2.64. The van der Waals surface area contributed by atoms with Crippen molar-refractivity contribution in [3.63, 3.8) is 0 Å². The van der Waals surface area contributed by atoms with Crippen molar-refractivity contribution >= 4 is 10.0 Å². The Kier molecular flexibility index (Phi) is 3.48. The van der Waals surface area contributed by atoms with Crippen LogP contribution in [0.3, 0.4) is 0 Å². The van der Waals surface area contributed by atoms with Gasteiger partial charge >= 0.3 is 0 Å². The lowest BCUT2D eigenvalue weighted by Gasteiger charge is -2.23. The minimum Gasteiger partial charge on any atom is -0.395 e.